The second-order valence-corrected chi connectivity index (χ2v) is 8.55. The normalized spacial score (nSPS) is 12.8. The predicted molar refractivity (Wildman–Crippen MR) is 130 cm³/mol. The van der Waals surface area contributed by atoms with E-state index in [4.69, 9.17) is 26.6 Å². The lowest BCUT2D eigenvalue weighted by molar-refractivity contribution is 0.488. The summed E-state index contributed by atoms with van der Waals surface area (Å²) < 4.78 is 3.83. The predicted octanol–water partition coefficient (Wildman–Crippen LogP) is 5.53. The third kappa shape index (κ3) is 3.26. The standard InChI is InChI=1S/C25H24ClN5O/c1-4-15(3)31-20(5-2)29-23-21(25(31)32)22-24(28-19-9-7-6-8-18(19)27-22)30(23)14-16-10-12-17(26)13-11-16/h6-13,15H,4-5,14H2,1-3H3. The van der Waals surface area contributed by atoms with Gasteiger partial charge in [0.15, 0.2) is 11.3 Å². The van der Waals surface area contributed by atoms with Crippen LogP contribution in [0.15, 0.2) is 53.3 Å². The van der Waals surface area contributed by atoms with E-state index in [1.54, 1.807) is 0 Å². The molecule has 162 valence electrons. The first kappa shape index (κ1) is 20.6. The third-order valence-corrected chi connectivity index (χ3v) is 6.32. The summed E-state index contributed by atoms with van der Waals surface area (Å²) in [6.07, 6.45) is 1.51. The molecule has 0 fully saturated rings. The van der Waals surface area contributed by atoms with Crippen LogP contribution in [0, 0.1) is 0 Å². The Labute approximate surface area is 190 Å². The number of nitrogens with zero attached hydrogens (tertiary/aromatic N) is 5. The van der Waals surface area contributed by atoms with E-state index in [9.17, 15) is 4.79 Å². The van der Waals surface area contributed by atoms with Crippen molar-refractivity contribution >= 4 is 44.8 Å². The number of benzene rings is 2. The molecule has 3 aromatic heterocycles. The van der Waals surface area contributed by atoms with Crippen molar-refractivity contribution in [2.24, 2.45) is 0 Å². The van der Waals surface area contributed by atoms with Crippen LogP contribution >= 0.6 is 11.6 Å². The summed E-state index contributed by atoms with van der Waals surface area (Å²) in [5.74, 6) is 0.779. The molecule has 1 unspecified atom stereocenters. The van der Waals surface area contributed by atoms with Gasteiger partial charge in [-0.25, -0.2) is 15.0 Å². The fraction of sp³-hybridized carbons (Fsp3) is 0.280. The van der Waals surface area contributed by atoms with Crippen molar-refractivity contribution in [2.45, 2.75) is 46.2 Å². The second-order valence-electron chi connectivity index (χ2n) is 8.11. The first-order chi connectivity index (χ1) is 15.5. The van der Waals surface area contributed by atoms with Crippen molar-refractivity contribution < 1.29 is 0 Å². The second kappa shape index (κ2) is 8.02. The van der Waals surface area contributed by atoms with Gasteiger partial charge < -0.3 is 4.57 Å². The summed E-state index contributed by atoms with van der Waals surface area (Å²) in [7, 11) is 0. The summed E-state index contributed by atoms with van der Waals surface area (Å²) in [5, 5.41) is 1.22. The molecule has 0 aliphatic carbocycles. The number of fused-ring (bicyclic) bond motifs is 4. The van der Waals surface area contributed by atoms with E-state index in [-0.39, 0.29) is 11.6 Å². The van der Waals surface area contributed by atoms with Crippen molar-refractivity contribution in [3.05, 3.63) is 75.3 Å². The largest absolute Gasteiger partial charge is 0.304 e. The Bertz CT molecular complexity index is 1520. The molecule has 32 heavy (non-hydrogen) atoms. The molecule has 0 saturated heterocycles. The summed E-state index contributed by atoms with van der Waals surface area (Å²) in [5.41, 5.74) is 4.45. The lowest BCUT2D eigenvalue weighted by Gasteiger charge is -2.17. The number of aryl methyl sites for hydroxylation is 1. The fourth-order valence-electron chi connectivity index (χ4n) is 4.22. The lowest BCUT2D eigenvalue weighted by Crippen LogP contribution is -2.28. The molecule has 3 heterocycles. The molecule has 0 amide bonds. The maximum Gasteiger partial charge on any atom is 0.265 e. The van der Waals surface area contributed by atoms with Crippen LogP contribution in [-0.4, -0.2) is 24.1 Å². The molecule has 0 bridgehead atoms. The van der Waals surface area contributed by atoms with Crippen molar-refractivity contribution in [2.75, 3.05) is 0 Å². The van der Waals surface area contributed by atoms with E-state index in [1.807, 2.05) is 64.6 Å². The quantitative estimate of drug-likeness (QED) is 0.356. The minimum absolute atomic E-state index is 0.0503. The summed E-state index contributed by atoms with van der Waals surface area (Å²) >= 11 is 6.08. The molecule has 1 atom stereocenters. The van der Waals surface area contributed by atoms with Gasteiger partial charge in [0.05, 0.1) is 17.6 Å². The maximum absolute atomic E-state index is 13.8. The highest BCUT2D eigenvalue weighted by Crippen LogP contribution is 2.27. The molecular formula is C25H24ClN5O. The average molecular weight is 446 g/mol. The number of hydrogen-bond acceptors (Lipinski definition) is 4. The molecule has 5 aromatic rings. The monoisotopic (exact) mass is 445 g/mol. The molecule has 0 radical (unpaired) electrons. The topological polar surface area (TPSA) is 65.6 Å². The van der Waals surface area contributed by atoms with Crippen LogP contribution in [0.5, 0.6) is 0 Å². The van der Waals surface area contributed by atoms with E-state index in [1.165, 1.54) is 0 Å². The number of hydrogen-bond donors (Lipinski definition) is 0. The van der Waals surface area contributed by atoms with Crippen molar-refractivity contribution in [3.8, 4) is 0 Å². The Kier molecular flexibility index (Phi) is 5.18. The first-order valence-corrected chi connectivity index (χ1v) is 11.3. The number of aromatic nitrogens is 5. The van der Waals surface area contributed by atoms with Crippen LogP contribution in [-0.2, 0) is 13.0 Å². The maximum atomic E-state index is 13.8. The van der Waals surface area contributed by atoms with Gasteiger partial charge in [0.2, 0.25) is 0 Å². The number of halogens is 1. The van der Waals surface area contributed by atoms with Gasteiger partial charge in [0.25, 0.3) is 5.56 Å². The van der Waals surface area contributed by atoms with Gasteiger partial charge >= 0.3 is 0 Å². The molecule has 7 heteroatoms. The summed E-state index contributed by atoms with van der Waals surface area (Å²) in [6.45, 7) is 6.69. The molecule has 0 N–H and O–H groups in total. The zero-order valence-electron chi connectivity index (χ0n) is 18.3. The smallest absolute Gasteiger partial charge is 0.265 e. The zero-order valence-corrected chi connectivity index (χ0v) is 19.1. The zero-order chi connectivity index (χ0) is 22.4. The van der Waals surface area contributed by atoms with Crippen LogP contribution in [0.2, 0.25) is 5.02 Å². The summed E-state index contributed by atoms with van der Waals surface area (Å²) in [4.78, 5) is 28.6. The molecule has 0 spiro atoms. The van der Waals surface area contributed by atoms with Crippen molar-refractivity contribution in [1.29, 1.82) is 0 Å². The Morgan fingerprint density at radius 3 is 2.28 bits per heavy atom. The Morgan fingerprint density at radius 1 is 0.938 bits per heavy atom. The third-order valence-electron chi connectivity index (χ3n) is 6.07. The summed E-state index contributed by atoms with van der Waals surface area (Å²) in [6, 6.07) is 15.5. The highest BCUT2D eigenvalue weighted by molar-refractivity contribution is 6.30. The Balaban J connectivity index is 1.90. The average Bonchev–Trinajstić information content (AvgIpc) is 3.10. The molecular weight excluding hydrogens is 422 g/mol. The molecule has 5 rings (SSSR count). The molecule has 6 nitrogen and oxygen atoms in total. The van der Waals surface area contributed by atoms with Crippen molar-refractivity contribution in [1.82, 2.24) is 24.1 Å². The lowest BCUT2D eigenvalue weighted by atomic mass is 10.2. The highest BCUT2D eigenvalue weighted by atomic mass is 35.5. The first-order valence-electron chi connectivity index (χ1n) is 11.0. The van der Waals surface area contributed by atoms with Crippen LogP contribution in [0.3, 0.4) is 0 Å². The van der Waals surface area contributed by atoms with Crippen LogP contribution in [0.4, 0.5) is 0 Å². The van der Waals surface area contributed by atoms with Gasteiger partial charge in [-0.15, -0.1) is 0 Å². The van der Waals surface area contributed by atoms with E-state index in [2.05, 4.69) is 13.8 Å². The van der Waals surface area contributed by atoms with Gasteiger partial charge in [0.1, 0.15) is 16.7 Å². The SMILES string of the molecule is CCc1nc2c(c(=O)n1C(C)CC)c1nc3ccccc3nc1n2Cc1ccc(Cl)cc1. The minimum atomic E-state index is -0.0503. The van der Waals surface area contributed by atoms with Gasteiger partial charge in [-0.3, -0.25) is 9.36 Å². The van der Waals surface area contributed by atoms with E-state index < -0.39 is 0 Å². The van der Waals surface area contributed by atoms with Crippen LogP contribution < -0.4 is 5.56 Å². The number of para-hydroxylation sites is 2. The van der Waals surface area contributed by atoms with E-state index >= 15 is 0 Å². The minimum Gasteiger partial charge on any atom is -0.304 e. The highest BCUT2D eigenvalue weighted by Gasteiger charge is 2.23. The van der Waals surface area contributed by atoms with E-state index in [0.717, 1.165) is 28.8 Å². The van der Waals surface area contributed by atoms with Crippen LogP contribution in [0.25, 0.3) is 33.2 Å². The van der Waals surface area contributed by atoms with Crippen molar-refractivity contribution in [3.63, 3.8) is 0 Å². The molecule has 2 aromatic carbocycles. The molecule has 0 saturated carbocycles. The van der Waals surface area contributed by atoms with Gasteiger partial charge in [-0.1, -0.05) is 49.7 Å². The molecule has 0 aliphatic heterocycles. The van der Waals surface area contributed by atoms with Gasteiger partial charge in [-0.2, -0.15) is 0 Å². The number of rotatable bonds is 5. The Morgan fingerprint density at radius 2 is 1.62 bits per heavy atom. The van der Waals surface area contributed by atoms with Gasteiger partial charge in [-0.05, 0) is 43.2 Å². The Hall–Kier alpha value is -3.25. The van der Waals surface area contributed by atoms with E-state index in [0.29, 0.717) is 40.2 Å². The fourth-order valence-corrected chi connectivity index (χ4v) is 4.35. The van der Waals surface area contributed by atoms with Gasteiger partial charge in [0, 0.05) is 17.5 Å². The molecule has 0 aliphatic rings. The van der Waals surface area contributed by atoms with Crippen LogP contribution in [0.1, 0.15) is 44.6 Å².